The molecule has 392 valence electrons. The number of carboxylic acid groups (broad SMARTS) is 1. The molecule has 0 aromatic heterocycles. The molecule has 4 aliphatic rings. The molecule has 10 atom stereocenters. The largest absolute Gasteiger partial charge is 0.504 e. The minimum atomic E-state index is -2.76. The van der Waals surface area contributed by atoms with E-state index in [2.05, 4.69) is 27.5 Å². The molecule has 0 radical (unpaired) electrons. The van der Waals surface area contributed by atoms with Crippen LogP contribution in [0.3, 0.4) is 0 Å². The molecule has 4 bridgehead atoms. The Bertz CT molecular complexity index is 2580. The van der Waals surface area contributed by atoms with E-state index in [-0.39, 0.29) is 71.1 Å². The fourth-order valence-electron chi connectivity index (χ4n) is 10.1. The summed E-state index contributed by atoms with van der Waals surface area (Å²) in [5, 5.41) is 110. The third-order valence-corrected chi connectivity index (χ3v) is 14.1. The molecule has 3 aromatic carbocycles. The first kappa shape index (κ1) is 53.5. The highest BCUT2D eigenvalue weighted by Gasteiger charge is 2.66. The summed E-state index contributed by atoms with van der Waals surface area (Å²) >= 11 is 0. The van der Waals surface area contributed by atoms with Crippen molar-refractivity contribution in [2.75, 3.05) is 38.9 Å². The van der Waals surface area contributed by atoms with E-state index in [0.717, 1.165) is 23.6 Å². The van der Waals surface area contributed by atoms with Crippen molar-refractivity contribution in [1.82, 2.24) is 5.32 Å². The summed E-state index contributed by atoms with van der Waals surface area (Å²) in [5.74, 6) is -1.36. The van der Waals surface area contributed by atoms with Gasteiger partial charge in [-0.1, -0.05) is 56.9 Å². The van der Waals surface area contributed by atoms with Crippen molar-refractivity contribution in [3.05, 3.63) is 63.7 Å². The quantitative estimate of drug-likeness (QED) is 0.0321. The van der Waals surface area contributed by atoms with Crippen LogP contribution in [0.25, 0.3) is 0 Å². The first-order valence-corrected chi connectivity index (χ1v) is 24.1. The molecule has 1 fully saturated rings. The van der Waals surface area contributed by atoms with E-state index >= 15 is 0 Å². The maximum absolute atomic E-state index is 14.2. The fourth-order valence-corrected chi connectivity index (χ4v) is 10.1. The zero-order chi connectivity index (χ0) is 52.2. The molecule has 72 heavy (non-hydrogen) atoms. The number of aromatic hydroxyl groups is 2. The molecule has 21 nitrogen and oxygen atoms in total. The standard InChI is InChI=1S/C51H66N4O17/c1-6-27-11-9-12-28(21-27)15-20-68-42-38(58)35-30(41(67-5)39(42)59)14-17-51(48(65)71-45(35)63)47(64)50(66)16-10-13-29-22-31-36(55-26(4)34(29)37(57)25(2)3)32(44(61)62)23-33(40(31)70-46(72-51)43(50)60)69-24-54-49(52)53-18-7-8-19-56/h9,11-12,21,23,25-26,29,34,37,43,46-48,55-60,64-66H,6-8,14-20,22,24H2,1-5H3,(H,61,62)(H3,52,53,54)/t26-,29+,34+,37+,43-,46+,47-,48+,50+,51-/m0/s1. The van der Waals surface area contributed by atoms with Gasteiger partial charge in [0.25, 0.3) is 0 Å². The maximum atomic E-state index is 14.2. The summed E-state index contributed by atoms with van der Waals surface area (Å²) in [5.41, 5.74) is 1.98. The van der Waals surface area contributed by atoms with Gasteiger partial charge in [0.15, 0.2) is 41.3 Å². The number of methoxy groups -OCH3 is 1. The zero-order valence-electron chi connectivity index (χ0n) is 40.9. The van der Waals surface area contributed by atoms with Gasteiger partial charge in [0.2, 0.25) is 24.1 Å². The van der Waals surface area contributed by atoms with Crippen LogP contribution in [0.2, 0.25) is 0 Å². The Hall–Kier alpha value is -6.25. The number of aromatic carboxylic acids is 1. The van der Waals surface area contributed by atoms with E-state index in [1.54, 1.807) is 6.92 Å². The number of benzene rings is 3. The number of carbonyl (C=O) groups is 2. The van der Waals surface area contributed by atoms with Crippen LogP contribution in [0.1, 0.15) is 96.3 Å². The van der Waals surface area contributed by atoms with Crippen LogP contribution in [-0.2, 0) is 35.2 Å². The average molecular weight is 1010 g/mol. The molecule has 1 saturated heterocycles. The van der Waals surface area contributed by atoms with Crippen molar-refractivity contribution in [2.24, 2.45) is 28.5 Å². The molecule has 0 unspecified atom stereocenters. The lowest BCUT2D eigenvalue weighted by Crippen LogP contribution is -2.75. The molecule has 7 rings (SSSR count). The number of esters is 1. The van der Waals surface area contributed by atoms with E-state index in [9.17, 15) is 50.4 Å². The summed E-state index contributed by atoms with van der Waals surface area (Å²) in [6.45, 7) is 7.21. The Morgan fingerprint density at radius 2 is 1.82 bits per heavy atom. The Morgan fingerprint density at radius 1 is 1.07 bits per heavy atom. The van der Waals surface area contributed by atoms with Crippen molar-refractivity contribution in [1.29, 1.82) is 0 Å². The van der Waals surface area contributed by atoms with Crippen LogP contribution < -0.4 is 35.3 Å². The minimum Gasteiger partial charge on any atom is -0.504 e. The number of carboxylic acids is 1. The van der Waals surface area contributed by atoms with Gasteiger partial charge in [-0.25, -0.2) is 14.6 Å². The number of nitrogens with one attached hydrogen (secondary N) is 2. The van der Waals surface area contributed by atoms with Gasteiger partial charge in [-0.2, -0.15) is 0 Å². The molecule has 0 amide bonds. The maximum Gasteiger partial charge on any atom is 0.344 e. The summed E-state index contributed by atoms with van der Waals surface area (Å²) in [4.78, 5) is 31.5. The highest BCUT2D eigenvalue weighted by molar-refractivity contribution is 5.98. The summed E-state index contributed by atoms with van der Waals surface area (Å²) in [7, 11) is 1.20. The monoisotopic (exact) mass is 1010 g/mol. The number of aliphatic imine (C=N–C) groups is 1. The summed E-state index contributed by atoms with van der Waals surface area (Å²) in [6.07, 6.45) is -9.65. The second kappa shape index (κ2) is 22.3. The average Bonchev–Trinajstić information content (AvgIpc) is 3.49. The van der Waals surface area contributed by atoms with E-state index in [1.807, 2.05) is 45.0 Å². The van der Waals surface area contributed by atoms with Crippen LogP contribution in [-0.4, -0.2) is 146 Å². The highest BCUT2D eigenvalue weighted by Crippen LogP contribution is 2.53. The Kier molecular flexibility index (Phi) is 16.5. The van der Waals surface area contributed by atoms with Gasteiger partial charge in [-0.05, 0) is 62.5 Å². The van der Waals surface area contributed by atoms with Crippen LogP contribution in [0.15, 0.2) is 35.3 Å². The number of ether oxygens (including phenoxy) is 6. The van der Waals surface area contributed by atoms with Crippen LogP contribution >= 0.6 is 0 Å². The molecule has 21 heteroatoms. The number of nitrogens with zero attached hydrogens (tertiary/aromatic N) is 1. The molecule has 13 N–H and O–H groups in total. The SMILES string of the molecule is CCc1cccc(CCOc2c(O)c(OC)c3c(c2O)C(=O)O[C@@H](O)[C@@]2(CC3)O[C@H]3Oc4c(OCN=C(N)NCCCCO)cc(C(=O)O)c5c4C[C@@H](C#CC[C@@](O)([C@H]3O)[C@@H]2O)[C@H]([C@H](O)C(C)C)[C@H](C)N5)c1. The molecule has 4 heterocycles. The Balaban J connectivity index is 1.32. The number of hydrogen-bond donors (Lipinski definition) is 12. The molecule has 4 aliphatic heterocycles. The van der Waals surface area contributed by atoms with Crippen LogP contribution in [0.5, 0.6) is 34.5 Å². The molecular weight excluding hydrogens is 941 g/mol. The first-order valence-electron chi connectivity index (χ1n) is 24.1. The fraction of sp³-hybridized carbons (Fsp3) is 0.549. The Labute approximate surface area is 416 Å². The van der Waals surface area contributed by atoms with E-state index in [1.165, 1.54) is 7.11 Å². The van der Waals surface area contributed by atoms with E-state index in [4.69, 9.17) is 39.3 Å². The number of aliphatic hydroxyl groups is 6. The highest BCUT2D eigenvalue weighted by atomic mass is 16.7. The van der Waals surface area contributed by atoms with Crippen LogP contribution in [0.4, 0.5) is 5.69 Å². The molecular formula is C51H66N4O17. The lowest BCUT2D eigenvalue weighted by Gasteiger charge is -2.54. The third-order valence-electron chi connectivity index (χ3n) is 14.1. The van der Waals surface area contributed by atoms with Gasteiger partial charge in [0.05, 0.1) is 31.1 Å². The number of anilines is 1. The summed E-state index contributed by atoms with van der Waals surface area (Å²) in [6, 6.07) is 8.29. The number of rotatable bonds is 16. The lowest BCUT2D eigenvalue weighted by atomic mass is 9.71. The second-order valence-corrected chi connectivity index (χ2v) is 19.0. The van der Waals surface area contributed by atoms with Crippen LogP contribution in [0, 0.1) is 29.6 Å². The van der Waals surface area contributed by atoms with Crippen molar-refractivity contribution >= 4 is 23.6 Å². The van der Waals surface area contributed by atoms with Gasteiger partial charge in [-0.3, -0.25) is 0 Å². The van der Waals surface area contributed by atoms with Gasteiger partial charge in [0.1, 0.15) is 23.4 Å². The Morgan fingerprint density at radius 3 is 2.51 bits per heavy atom. The van der Waals surface area contributed by atoms with Crippen molar-refractivity contribution in [2.45, 2.75) is 127 Å². The minimum absolute atomic E-state index is 0.0163. The molecule has 1 spiro atoms. The third kappa shape index (κ3) is 10.3. The molecule has 0 saturated carbocycles. The number of carbonyl (C=O) groups excluding carboxylic acids is 1. The summed E-state index contributed by atoms with van der Waals surface area (Å²) < 4.78 is 36.0. The van der Waals surface area contributed by atoms with Crippen molar-refractivity contribution in [3.8, 4) is 46.3 Å². The van der Waals surface area contributed by atoms with Gasteiger partial charge >= 0.3 is 11.9 Å². The molecule has 0 aliphatic carbocycles. The van der Waals surface area contributed by atoms with E-state index < -0.39 is 121 Å². The normalized spacial score (nSPS) is 27.2. The predicted molar refractivity (Wildman–Crippen MR) is 258 cm³/mol. The van der Waals surface area contributed by atoms with E-state index in [0.29, 0.717) is 25.8 Å². The van der Waals surface area contributed by atoms with Gasteiger partial charge in [0, 0.05) is 61.1 Å². The zero-order valence-corrected chi connectivity index (χ0v) is 40.9. The number of phenols is 2. The molecule has 3 aromatic rings. The predicted octanol–water partition coefficient (Wildman–Crippen LogP) is 2.06. The van der Waals surface area contributed by atoms with Crippen molar-refractivity contribution in [3.63, 3.8) is 0 Å². The number of cyclic esters (lactones) is 1. The first-order chi connectivity index (χ1) is 34.3. The van der Waals surface area contributed by atoms with Crippen molar-refractivity contribution < 1.29 is 84.0 Å². The number of aliphatic hydroxyl groups excluding tert-OH is 5. The topological polar surface area (TPSA) is 334 Å². The number of fused-ring (bicyclic) bond motifs is 4. The number of guanidine groups is 1. The number of nitrogens with two attached hydrogens (primary N) is 1. The van der Waals surface area contributed by atoms with Gasteiger partial charge in [-0.15, -0.1) is 0 Å². The number of hydrogen-bond acceptors (Lipinski definition) is 18. The number of phenolic OH excluding ortho intramolecular Hbond substituents is 2. The smallest absolute Gasteiger partial charge is 0.344 e. The number of unbranched alkanes of at least 4 members (excludes halogenated alkanes) is 1. The number of aryl methyl sites for hydroxylation is 1. The lowest BCUT2D eigenvalue weighted by molar-refractivity contribution is -0.381. The second-order valence-electron chi connectivity index (χ2n) is 19.0. The van der Waals surface area contributed by atoms with Gasteiger partial charge < -0.3 is 90.7 Å².